The molecule has 0 saturated carbocycles. The van der Waals surface area contributed by atoms with E-state index in [9.17, 15) is 0 Å². The summed E-state index contributed by atoms with van der Waals surface area (Å²) in [6.45, 7) is 3.46. The smallest absolute Gasteiger partial charge is 0.133 e. The standard InChI is InChI=1S/C15H24N4/c1-10-4-5-19-14(6-10)17-18-15(19)9-11-7-12-2-3-13(8-11)16-12/h10-13,16H,2-9H2,1H3. The van der Waals surface area contributed by atoms with Crippen molar-refractivity contribution in [1.29, 1.82) is 0 Å². The van der Waals surface area contributed by atoms with Gasteiger partial charge >= 0.3 is 0 Å². The van der Waals surface area contributed by atoms with Crippen molar-refractivity contribution in [2.24, 2.45) is 11.8 Å². The lowest BCUT2D eigenvalue weighted by Gasteiger charge is -2.29. The monoisotopic (exact) mass is 260 g/mol. The Morgan fingerprint density at radius 3 is 2.74 bits per heavy atom. The van der Waals surface area contributed by atoms with Crippen LogP contribution >= 0.6 is 0 Å². The average Bonchev–Trinajstić information content (AvgIpc) is 2.93. The number of fused-ring (bicyclic) bond motifs is 3. The summed E-state index contributed by atoms with van der Waals surface area (Å²) in [5, 5.41) is 12.6. The molecule has 3 atom stereocenters. The van der Waals surface area contributed by atoms with Gasteiger partial charge in [-0.15, -0.1) is 10.2 Å². The summed E-state index contributed by atoms with van der Waals surface area (Å²) < 4.78 is 2.41. The third-order valence-electron chi connectivity index (χ3n) is 5.32. The average molecular weight is 260 g/mol. The van der Waals surface area contributed by atoms with Gasteiger partial charge in [0, 0.05) is 31.5 Å². The van der Waals surface area contributed by atoms with E-state index in [4.69, 9.17) is 0 Å². The number of piperidine rings is 1. The van der Waals surface area contributed by atoms with E-state index in [2.05, 4.69) is 27.0 Å². The Kier molecular flexibility index (Phi) is 2.87. The van der Waals surface area contributed by atoms with Crippen LogP contribution in [0.25, 0.3) is 0 Å². The minimum atomic E-state index is 0.777. The third-order valence-corrected chi connectivity index (χ3v) is 5.32. The Hall–Kier alpha value is -0.900. The van der Waals surface area contributed by atoms with Gasteiger partial charge in [0.05, 0.1) is 0 Å². The van der Waals surface area contributed by atoms with Crippen molar-refractivity contribution in [3.63, 3.8) is 0 Å². The number of aromatic nitrogens is 3. The molecule has 4 rings (SSSR count). The molecule has 3 unspecified atom stereocenters. The molecule has 4 nitrogen and oxygen atoms in total. The first-order valence-corrected chi connectivity index (χ1v) is 7.95. The quantitative estimate of drug-likeness (QED) is 0.883. The molecule has 1 aromatic rings. The summed E-state index contributed by atoms with van der Waals surface area (Å²) in [6, 6.07) is 1.57. The summed E-state index contributed by atoms with van der Waals surface area (Å²) in [5.74, 6) is 4.09. The second-order valence-electron chi connectivity index (χ2n) is 6.96. The third kappa shape index (κ3) is 2.20. The predicted molar refractivity (Wildman–Crippen MR) is 73.9 cm³/mol. The molecule has 3 aliphatic rings. The Balaban J connectivity index is 1.48. The Morgan fingerprint density at radius 1 is 1.16 bits per heavy atom. The largest absolute Gasteiger partial charge is 0.315 e. The van der Waals surface area contributed by atoms with Gasteiger partial charge in [-0.1, -0.05) is 6.92 Å². The van der Waals surface area contributed by atoms with Crippen LogP contribution in [-0.4, -0.2) is 26.8 Å². The maximum atomic E-state index is 4.49. The van der Waals surface area contributed by atoms with Gasteiger partial charge in [0.25, 0.3) is 0 Å². The molecule has 0 aromatic carbocycles. The zero-order chi connectivity index (χ0) is 12.8. The lowest BCUT2D eigenvalue weighted by molar-refractivity contribution is 0.290. The maximum Gasteiger partial charge on any atom is 0.133 e. The summed E-state index contributed by atoms with van der Waals surface area (Å²) in [4.78, 5) is 0. The number of hydrogen-bond acceptors (Lipinski definition) is 3. The van der Waals surface area contributed by atoms with Crippen LogP contribution in [0.5, 0.6) is 0 Å². The Morgan fingerprint density at radius 2 is 1.95 bits per heavy atom. The molecule has 4 heterocycles. The molecule has 2 fully saturated rings. The van der Waals surface area contributed by atoms with E-state index >= 15 is 0 Å². The molecule has 0 spiro atoms. The SMILES string of the molecule is CC1CCn2c(nnc2CC2CC3CCC(C2)N3)C1. The molecular formula is C15H24N4. The molecule has 1 aromatic heterocycles. The van der Waals surface area contributed by atoms with Crippen LogP contribution in [0.4, 0.5) is 0 Å². The van der Waals surface area contributed by atoms with Gasteiger partial charge in [0.15, 0.2) is 0 Å². The minimum absolute atomic E-state index is 0.777. The molecule has 0 amide bonds. The van der Waals surface area contributed by atoms with Gasteiger partial charge < -0.3 is 9.88 Å². The fourth-order valence-corrected chi connectivity index (χ4v) is 4.30. The van der Waals surface area contributed by atoms with Crippen LogP contribution in [-0.2, 0) is 19.4 Å². The van der Waals surface area contributed by atoms with E-state index in [-0.39, 0.29) is 0 Å². The van der Waals surface area contributed by atoms with E-state index in [0.717, 1.165) is 43.3 Å². The molecule has 4 heteroatoms. The number of nitrogens with one attached hydrogen (secondary N) is 1. The first kappa shape index (κ1) is 11.9. The molecule has 2 saturated heterocycles. The first-order chi connectivity index (χ1) is 9.28. The lowest BCUT2D eigenvalue weighted by atomic mass is 9.89. The first-order valence-electron chi connectivity index (χ1n) is 7.95. The highest BCUT2D eigenvalue weighted by molar-refractivity contribution is 5.03. The van der Waals surface area contributed by atoms with Gasteiger partial charge in [-0.25, -0.2) is 0 Å². The Bertz CT molecular complexity index is 455. The van der Waals surface area contributed by atoms with Crippen LogP contribution in [0, 0.1) is 11.8 Å². The summed E-state index contributed by atoms with van der Waals surface area (Å²) in [6.07, 6.45) is 9.01. The zero-order valence-corrected chi connectivity index (χ0v) is 11.8. The number of nitrogens with zero attached hydrogens (tertiary/aromatic N) is 3. The van der Waals surface area contributed by atoms with Crippen molar-refractivity contribution in [1.82, 2.24) is 20.1 Å². The van der Waals surface area contributed by atoms with Crippen LogP contribution in [0.15, 0.2) is 0 Å². The molecular weight excluding hydrogens is 236 g/mol. The van der Waals surface area contributed by atoms with Gasteiger partial charge in [-0.2, -0.15) is 0 Å². The van der Waals surface area contributed by atoms with Gasteiger partial charge in [0.1, 0.15) is 11.6 Å². The minimum Gasteiger partial charge on any atom is -0.315 e. The van der Waals surface area contributed by atoms with Crippen LogP contribution in [0.1, 0.15) is 50.7 Å². The van der Waals surface area contributed by atoms with Crippen molar-refractivity contribution in [3.05, 3.63) is 11.6 Å². The van der Waals surface area contributed by atoms with Gasteiger partial charge in [-0.3, -0.25) is 0 Å². The topological polar surface area (TPSA) is 42.7 Å². The number of rotatable bonds is 2. The van der Waals surface area contributed by atoms with Crippen LogP contribution in [0.2, 0.25) is 0 Å². The predicted octanol–water partition coefficient (Wildman–Crippen LogP) is 1.93. The maximum absolute atomic E-state index is 4.49. The van der Waals surface area contributed by atoms with Crippen molar-refractivity contribution < 1.29 is 0 Å². The van der Waals surface area contributed by atoms with E-state index < -0.39 is 0 Å². The van der Waals surface area contributed by atoms with Crippen molar-refractivity contribution >= 4 is 0 Å². The van der Waals surface area contributed by atoms with Gasteiger partial charge in [0.2, 0.25) is 0 Å². The summed E-state index contributed by atoms with van der Waals surface area (Å²) in [5.41, 5.74) is 0. The molecule has 1 N–H and O–H groups in total. The van der Waals surface area contributed by atoms with Crippen LogP contribution in [0.3, 0.4) is 0 Å². The highest BCUT2D eigenvalue weighted by Gasteiger charge is 2.34. The molecule has 19 heavy (non-hydrogen) atoms. The highest BCUT2D eigenvalue weighted by Crippen LogP contribution is 2.33. The van der Waals surface area contributed by atoms with E-state index in [1.807, 2.05) is 0 Å². The molecule has 0 aliphatic carbocycles. The normalized spacial score (nSPS) is 37.3. The fraction of sp³-hybridized carbons (Fsp3) is 0.867. The van der Waals surface area contributed by atoms with Crippen LogP contribution < -0.4 is 5.32 Å². The lowest BCUT2D eigenvalue weighted by Crippen LogP contribution is -2.38. The fourth-order valence-electron chi connectivity index (χ4n) is 4.30. The second kappa shape index (κ2) is 4.58. The van der Waals surface area contributed by atoms with Crippen molar-refractivity contribution in [3.8, 4) is 0 Å². The van der Waals surface area contributed by atoms with Crippen molar-refractivity contribution in [2.45, 2.75) is 70.5 Å². The van der Waals surface area contributed by atoms with Gasteiger partial charge in [-0.05, 0) is 43.9 Å². The summed E-state index contributed by atoms with van der Waals surface area (Å²) >= 11 is 0. The van der Waals surface area contributed by atoms with E-state index in [1.54, 1.807) is 0 Å². The zero-order valence-electron chi connectivity index (χ0n) is 11.8. The number of hydrogen-bond donors (Lipinski definition) is 1. The molecule has 3 aliphatic heterocycles. The Labute approximate surface area is 115 Å². The molecule has 104 valence electrons. The second-order valence-corrected chi connectivity index (χ2v) is 6.96. The highest BCUT2D eigenvalue weighted by atomic mass is 15.3. The van der Waals surface area contributed by atoms with E-state index in [1.165, 1.54) is 43.8 Å². The summed E-state index contributed by atoms with van der Waals surface area (Å²) in [7, 11) is 0. The molecule has 0 radical (unpaired) electrons. The molecule has 2 bridgehead atoms. The van der Waals surface area contributed by atoms with Crippen molar-refractivity contribution in [2.75, 3.05) is 0 Å². The van der Waals surface area contributed by atoms with E-state index in [0.29, 0.717) is 0 Å².